The highest BCUT2D eigenvalue weighted by molar-refractivity contribution is 5.76. The summed E-state index contributed by atoms with van der Waals surface area (Å²) in [5.41, 5.74) is 0. The predicted octanol–water partition coefficient (Wildman–Crippen LogP) is 13.6. The Labute approximate surface area is 312 Å². The summed E-state index contributed by atoms with van der Waals surface area (Å²) in [6.07, 6.45) is 56.5. The van der Waals surface area contributed by atoms with Gasteiger partial charge in [0, 0.05) is 6.42 Å². The maximum atomic E-state index is 12.4. The zero-order valence-corrected chi connectivity index (χ0v) is 33.4. The number of nitrogens with one attached hydrogen (secondary N) is 1. The van der Waals surface area contributed by atoms with Crippen LogP contribution in [0.1, 0.15) is 219 Å². The van der Waals surface area contributed by atoms with Crippen LogP contribution in [0.25, 0.3) is 0 Å². The van der Waals surface area contributed by atoms with E-state index in [1.165, 1.54) is 161 Å². The van der Waals surface area contributed by atoms with E-state index in [1.807, 2.05) is 6.08 Å². The van der Waals surface area contributed by atoms with Crippen LogP contribution < -0.4 is 5.32 Å². The molecule has 0 radical (unpaired) electrons. The first-order chi connectivity index (χ1) is 24.7. The fourth-order valence-corrected chi connectivity index (χ4v) is 6.38. The van der Waals surface area contributed by atoms with Crippen molar-refractivity contribution in [3.05, 3.63) is 48.6 Å². The van der Waals surface area contributed by atoms with E-state index < -0.39 is 12.1 Å². The second-order valence-corrected chi connectivity index (χ2v) is 14.7. The number of carbonyl (C=O) groups excluding carboxylic acids is 1. The van der Waals surface area contributed by atoms with E-state index in [9.17, 15) is 15.0 Å². The van der Waals surface area contributed by atoms with Crippen molar-refractivity contribution < 1.29 is 15.0 Å². The SMILES string of the molecule is CCCCCCC/C=C/CC/C=C/CC/C=C/C(O)C(CO)NC(=O)CCCCCCCCC/C=C\CCCCCCCCCCCCCC. The van der Waals surface area contributed by atoms with Crippen LogP contribution in [-0.4, -0.2) is 34.9 Å². The van der Waals surface area contributed by atoms with Crippen LogP contribution in [0.2, 0.25) is 0 Å². The highest BCUT2D eigenvalue weighted by Crippen LogP contribution is 2.14. The molecule has 1 amide bonds. The molecule has 2 atom stereocenters. The van der Waals surface area contributed by atoms with Crippen LogP contribution in [0.3, 0.4) is 0 Å². The number of hydrogen-bond acceptors (Lipinski definition) is 3. The van der Waals surface area contributed by atoms with Crippen molar-refractivity contribution in [3.8, 4) is 0 Å². The molecule has 2 unspecified atom stereocenters. The number of allylic oxidation sites excluding steroid dienone is 7. The van der Waals surface area contributed by atoms with Crippen LogP contribution >= 0.6 is 0 Å². The van der Waals surface area contributed by atoms with Crippen LogP contribution in [0, 0.1) is 0 Å². The Morgan fingerprint density at radius 1 is 0.460 bits per heavy atom. The standard InChI is InChI=1S/C46H85NO3/c1-3-5-7-9-11-13-15-17-19-20-21-22-23-24-25-26-28-30-32-34-36-38-40-42-46(50)47-44(43-48)45(49)41-39-37-35-33-31-29-27-18-16-14-12-10-8-6-4-2/h16,18,24-25,31,33,39,41,44-45,48-49H,3-15,17,19-23,26-30,32,34-38,40,42-43H2,1-2H3,(H,47,50)/b18-16+,25-24-,33-31+,41-39+. The van der Waals surface area contributed by atoms with Crippen molar-refractivity contribution in [2.45, 2.75) is 231 Å². The molecule has 0 aliphatic rings. The Morgan fingerprint density at radius 2 is 0.780 bits per heavy atom. The molecule has 0 fully saturated rings. The summed E-state index contributed by atoms with van der Waals surface area (Å²) in [4.78, 5) is 12.4. The van der Waals surface area contributed by atoms with Gasteiger partial charge >= 0.3 is 0 Å². The predicted molar refractivity (Wildman–Crippen MR) is 221 cm³/mol. The Balaban J connectivity index is 3.61. The lowest BCUT2D eigenvalue weighted by molar-refractivity contribution is -0.123. The van der Waals surface area contributed by atoms with Gasteiger partial charge in [-0.3, -0.25) is 4.79 Å². The summed E-state index contributed by atoms with van der Waals surface area (Å²) in [6, 6.07) is -0.647. The van der Waals surface area contributed by atoms with Gasteiger partial charge in [0.2, 0.25) is 5.91 Å². The Hall–Kier alpha value is -1.65. The highest BCUT2D eigenvalue weighted by Gasteiger charge is 2.17. The van der Waals surface area contributed by atoms with Crippen LogP contribution in [0.4, 0.5) is 0 Å². The third-order valence-corrected chi connectivity index (χ3v) is 9.76. The Kier molecular flexibility index (Phi) is 40.4. The monoisotopic (exact) mass is 700 g/mol. The van der Waals surface area contributed by atoms with Gasteiger partial charge in [-0.25, -0.2) is 0 Å². The summed E-state index contributed by atoms with van der Waals surface area (Å²) in [6.45, 7) is 4.28. The number of hydrogen-bond donors (Lipinski definition) is 3. The lowest BCUT2D eigenvalue weighted by Gasteiger charge is -2.19. The molecule has 0 saturated heterocycles. The maximum absolute atomic E-state index is 12.4. The molecule has 0 aliphatic carbocycles. The molecular weight excluding hydrogens is 615 g/mol. The molecule has 3 N–H and O–H groups in total. The van der Waals surface area contributed by atoms with Gasteiger partial charge in [-0.2, -0.15) is 0 Å². The smallest absolute Gasteiger partial charge is 0.220 e. The molecule has 4 heteroatoms. The van der Waals surface area contributed by atoms with Gasteiger partial charge < -0.3 is 15.5 Å². The minimum atomic E-state index is -0.871. The van der Waals surface area contributed by atoms with Gasteiger partial charge in [0.25, 0.3) is 0 Å². The number of aliphatic hydroxyl groups is 2. The number of carbonyl (C=O) groups is 1. The summed E-state index contributed by atoms with van der Waals surface area (Å²) in [5.74, 6) is -0.0831. The van der Waals surface area contributed by atoms with Gasteiger partial charge in [-0.1, -0.05) is 191 Å². The van der Waals surface area contributed by atoms with Gasteiger partial charge in [0.05, 0.1) is 18.8 Å². The number of rotatable bonds is 39. The molecular formula is C46H85NO3. The minimum absolute atomic E-state index is 0.0831. The van der Waals surface area contributed by atoms with Crippen LogP contribution in [0.5, 0.6) is 0 Å². The largest absolute Gasteiger partial charge is 0.394 e. The van der Waals surface area contributed by atoms with Gasteiger partial charge in [0.15, 0.2) is 0 Å². The number of aliphatic hydroxyl groups excluding tert-OH is 2. The van der Waals surface area contributed by atoms with Crippen molar-refractivity contribution in [1.29, 1.82) is 0 Å². The molecule has 0 bridgehead atoms. The molecule has 0 aromatic carbocycles. The average Bonchev–Trinajstić information content (AvgIpc) is 3.12. The lowest BCUT2D eigenvalue weighted by atomic mass is 10.0. The highest BCUT2D eigenvalue weighted by atomic mass is 16.3. The zero-order chi connectivity index (χ0) is 36.4. The summed E-state index contributed by atoms with van der Waals surface area (Å²) in [7, 11) is 0. The first-order valence-corrected chi connectivity index (χ1v) is 21.9. The molecule has 0 aromatic heterocycles. The van der Waals surface area contributed by atoms with Crippen molar-refractivity contribution in [1.82, 2.24) is 5.32 Å². The van der Waals surface area contributed by atoms with Crippen molar-refractivity contribution in [2.75, 3.05) is 6.61 Å². The van der Waals surface area contributed by atoms with E-state index in [0.29, 0.717) is 6.42 Å². The van der Waals surface area contributed by atoms with E-state index in [2.05, 4.69) is 55.6 Å². The van der Waals surface area contributed by atoms with Gasteiger partial charge in [-0.15, -0.1) is 0 Å². The lowest BCUT2D eigenvalue weighted by Crippen LogP contribution is -2.45. The molecule has 292 valence electrons. The van der Waals surface area contributed by atoms with E-state index in [1.54, 1.807) is 6.08 Å². The molecule has 0 saturated carbocycles. The molecule has 4 nitrogen and oxygen atoms in total. The molecule has 0 heterocycles. The molecule has 0 aliphatic heterocycles. The third-order valence-electron chi connectivity index (χ3n) is 9.76. The maximum Gasteiger partial charge on any atom is 0.220 e. The first-order valence-electron chi connectivity index (χ1n) is 21.9. The van der Waals surface area contributed by atoms with Gasteiger partial charge in [-0.05, 0) is 70.6 Å². The molecule has 0 aromatic rings. The normalized spacial score (nSPS) is 13.4. The average molecular weight is 700 g/mol. The molecule has 0 spiro atoms. The van der Waals surface area contributed by atoms with E-state index in [-0.39, 0.29) is 12.5 Å². The first kappa shape index (κ1) is 48.3. The van der Waals surface area contributed by atoms with Crippen LogP contribution in [-0.2, 0) is 4.79 Å². The number of amides is 1. The third kappa shape index (κ3) is 37.6. The van der Waals surface area contributed by atoms with E-state index in [0.717, 1.165) is 38.5 Å². The molecule has 50 heavy (non-hydrogen) atoms. The van der Waals surface area contributed by atoms with Crippen LogP contribution in [0.15, 0.2) is 48.6 Å². The minimum Gasteiger partial charge on any atom is -0.394 e. The van der Waals surface area contributed by atoms with E-state index in [4.69, 9.17) is 0 Å². The zero-order valence-electron chi connectivity index (χ0n) is 33.4. The van der Waals surface area contributed by atoms with Crippen molar-refractivity contribution in [3.63, 3.8) is 0 Å². The fraction of sp³-hybridized carbons (Fsp3) is 0.804. The topological polar surface area (TPSA) is 69.6 Å². The fourth-order valence-electron chi connectivity index (χ4n) is 6.38. The second kappa shape index (κ2) is 41.8. The summed E-state index contributed by atoms with van der Waals surface area (Å²) < 4.78 is 0. The molecule has 0 rings (SSSR count). The van der Waals surface area contributed by atoms with Crippen molar-refractivity contribution in [2.24, 2.45) is 0 Å². The Morgan fingerprint density at radius 3 is 1.16 bits per heavy atom. The van der Waals surface area contributed by atoms with Crippen molar-refractivity contribution >= 4 is 5.91 Å². The summed E-state index contributed by atoms with van der Waals surface area (Å²) >= 11 is 0. The second-order valence-electron chi connectivity index (χ2n) is 14.7. The van der Waals surface area contributed by atoms with E-state index >= 15 is 0 Å². The number of unbranched alkanes of at least 4 members (excludes halogenated alkanes) is 26. The summed E-state index contributed by atoms with van der Waals surface area (Å²) in [5, 5.41) is 22.9. The quantitative estimate of drug-likeness (QED) is 0.0442. The Bertz CT molecular complexity index is 801. The van der Waals surface area contributed by atoms with Gasteiger partial charge in [0.1, 0.15) is 0 Å².